The van der Waals surface area contributed by atoms with Crippen LogP contribution >= 0.6 is 8.03 Å². The lowest BCUT2D eigenvalue weighted by molar-refractivity contribution is -0.910. The van der Waals surface area contributed by atoms with E-state index in [1.807, 2.05) is 21.1 Å². The quantitative estimate of drug-likeness (QED) is 0.0544. The lowest BCUT2D eigenvalue weighted by Gasteiger charge is -2.39. The normalized spacial score (nSPS) is 14.6. The maximum Gasteiger partial charge on any atom is 0.376 e. The van der Waals surface area contributed by atoms with Gasteiger partial charge >= 0.3 is 8.03 Å². The van der Waals surface area contributed by atoms with Crippen LogP contribution in [0.25, 0.3) is 0 Å². The molecule has 0 aromatic rings. The first-order valence-corrected chi connectivity index (χ1v) is 16.1. The summed E-state index contributed by atoms with van der Waals surface area (Å²) in [5.41, 5.74) is 0. The third-order valence-corrected chi connectivity index (χ3v) is 9.29. The number of nitrogens with zero attached hydrogens (tertiary/aromatic N) is 1. The second-order valence-electron chi connectivity index (χ2n) is 11.5. The van der Waals surface area contributed by atoms with Crippen molar-refractivity contribution in [2.24, 2.45) is 0 Å². The Morgan fingerprint density at radius 1 is 0.588 bits per heavy atom. The summed E-state index contributed by atoms with van der Waals surface area (Å²) in [5, 5.41) is -0.588. The first-order chi connectivity index (χ1) is 16.3. The molecule has 0 aliphatic heterocycles. The van der Waals surface area contributed by atoms with Gasteiger partial charge in [-0.1, -0.05) is 127 Å². The molecule has 0 N–H and O–H groups in total. The third kappa shape index (κ3) is 16.4. The second kappa shape index (κ2) is 22.0. The fourth-order valence-electron chi connectivity index (χ4n) is 5.17. The van der Waals surface area contributed by atoms with E-state index >= 15 is 0 Å². The highest BCUT2D eigenvalue weighted by molar-refractivity contribution is 7.38. The van der Waals surface area contributed by atoms with Crippen molar-refractivity contribution in [1.82, 2.24) is 0 Å². The van der Waals surface area contributed by atoms with Crippen molar-refractivity contribution in [1.29, 1.82) is 0 Å². The molecule has 202 valence electrons. The van der Waals surface area contributed by atoms with Crippen molar-refractivity contribution < 1.29 is 13.9 Å². The van der Waals surface area contributed by atoms with Crippen LogP contribution in [0.2, 0.25) is 0 Å². The van der Waals surface area contributed by atoms with Crippen LogP contribution in [-0.2, 0) is 4.57 Å². The van der Waals surface area contributed by atoms with Gasteiger partial charge in [-0.2, -0.15) is 0 Å². The van der Waals surface area contributed by atoms with E-state index < -0.39 is 13.3 Å². The van der Waals surface area contributed by atoms with Crippen molar-refractivity contribution >= 4 is 8.03 Å². The minimum atomic E-state index is -2.42. The highest BCUT2D eigenvalue weighted by Crippen LogP contribution is 2.45. The Hall–Kier alpha value is -0.240. The van der Waals surface area contributed by atoms with Gasteiger partial charge in [-0.25, -0.2) is 0 Å². The summed E-state index contributed by atoms with van der Waals surface area (Å²) in [5.74, 6) is 0. The summed E-state index contributed by atoms with van der Waals surface area (Å²) in [6, 6.07) is 0. The molecule has 2 unspecified atom stereocenters. The molecule has 0 aromatic carbocycles. The van der Waals surface area contributed by atoms with E-state index in [1.165, 1.54) is 116 Å². The van der Waals surface area contributed by atoms with Crippen molar-refractivity contribution in [3.63, 3.8) is 0 Å². The zero-order chi connectivity index (χ0) is 25.5. The van der Waals surface area contributed by atoms with Gasteiger partial charge < -0.3 is 4.89 Å². The fourth-order valence-corrected chi connectivity index (χ4v) is 6.41. The van der Waals surface area contributed by atoms with Gasteiger partial charge in [0.05, 0.1) is 21.1 Å². The molecule has 3 nitrogen and oxygen atoms in total. The Balaban J connectivity index is 3.52. The molecular formula is C30H61NO2P+. The molecule has 0 radical (unpaired) electrons. The third-order valence-electron chi connectivity index (χ3n) is 7.56. The average Bonchev–Trinajstić information content (AvgIpc) is 2.78. The maximum absolute atomic E-state index is 12.1. The first-order valence-electron chi connectivity index (χ1n) is 14.9. The van der Waals surface area contributed by atoms with Gasteiger partial charge in [0.1, 0.15) is 0 Å². The molecule has 0 heterocycles. The van der Waals surface area contributed by atoms with Crippen LogP contribution in [0.15, 0.2) is 12.2 Å². The molecule has 0 saturated heterocycles. The Kier molecular flexibility index (Phi) is 21.8. The van der Waals surface area contributed by atoms with Crippen molar-refractivity contribution in [2.75, 3.05) is 21.1 Å². The first kappa shape index (κ1) is 33.8. The van der Waals surface area contributed by atoms with E-state index in [4.69, 9.17) is 0 Å². The Labute approximate surface area is 215 Å². The van der Waals surface area contributed by atoms with Gasteiger partial charge in [0.15, 0.2) is 0 Å². The topological polar surface area (TPSA) is 40.1 Å². The summed E-state index contributed by atoms with van der Waals surface area (Å²) < 4.78 is 12.6. The van der Waals surface area contributed by atoms with Gasteiger partial charge in [-0.05, 0) is 32.1 Å². The molecule has 2 atom stereocenters. The minimum Gasteiger partial charge on any atom is -0.590 e. The lowest BCUT2D eigenvalue weighted by atomic mass is 9.99. The van der Waals surface area contributed by atoms with Crippen molar-refractivity contribution in [3.8, 4) is 0 Å². The number of hydrogen-bond acceptors (Lipinski definition) is 2. The summed E-state index contributed by atoms with van der Waals surface area (Å²) in [6.07, 6.45) is 32.6. The van der Waals surface area contributed by atoms with Gasteiger partial charge in [-0.3, -0.25) is 4.48 Å². The largest absolute Gasteiger partial charge is 0.590 e. The van der Waals surface area contributed by atoms with Crippen LogP contribution in [0.4, 0.5) is 0 Å². The summed E-state index contributed by atoms with van der Waals surface area (Å²) in [7, 11) is 3.69. The zero-order valence-corrected chi connectivity index (χ0v) is 24.8. The molecule has 34 heavy (non-hydrogen) atoms. The summed E-state index contributed by atoms with van der Waals surface area (Å²) in [4.78, 5) is 12.1. The van der Waals surface area contributed by atoms with Crippen molar-refractivity contribution in [3.05, 3.63) is 12.2 Å². The maximum atomic E-state index is 12.1. The number of unbranched alkanes of at least 4 members (excludes halogenated alkanes) is 17. The Bertz CT molecular complexity index is 501. The van der Waals surface area contributed by atoms with E-state index in [2.05, 4.69) is 26.0 Å². The summed E-state index contributed by atoms with van der Waals surface area (Å²) >= 11 is 0. The highest BCUT2D eigenvalue weighted by atomic mass is 31.1. The molecule has 0 fully saturated rings. The van der Waals surface area contributed by atoms with Gasteiger partial charge in [-0.15, -0.1) is 0 Å². The van der Waals surface area contributed by atoms with Crippen molar-refractivity contribution in [2.45, 2.75) is 160 Å². The van der Waals surface area contributed by atoms with E-state index in [-0.39, 0.29) is 0 Å². The van der Waals surface area contributed by atoms with E-state index in [0.717, 1.165) is 25.7 Å². The molecule has 0 rings (SSSR count). The monoisotopic (exact) mass is 498 g/mol. The summed E-state index contributed by atoms with van der Waals surface area (Å²) in [6.45, 7) is 4.34. The Morgan fingerprint density at radius 2 is 0.971 bits per heavy atom. The standard InChI is InChI=1S/C30H61NO2P/c1-6-8-9-10-11-12-13-14-15-16-17-18-19-20-21-22-23-24-25-26-27-29-30(28-7-2,34(32)33)31(3,4)5/h9-10H,6-8,11-29H2,1-5H3/q+1/b10-9-. The molecule has 0 bridgehead atoms. The van der Waals surface area contributed by atoms with E-state index in [0.29, 0.717) is 4.48 Å². The second-order valence-corrected chi connectivity index (χ2v) is 12.8. The number of quaternary nitrogens is 1. The Morgan fingerprint density at radius 3 is 1.32 bits per heavy atom. The SMILES string of the molecule is CCC/C=C\CCCCCCCCCCCCCCCCCCC(CCC)([P+](=O)[O-])[N+](C)(C)C. The smallest absolute Gasteiger partial charge is 0.376 e. The van der Waals surface area contributed by atoms with Gasteiger partial charge in [0.25, 0.3) is 5.28 Å². The number of hydrogen-bond donors (Lipinski definition) is 0. The molecule has 4 heteroatoms. The highest BCUT2D eigenvalue weighted by Gasteiger charge is 2.53. The molecule has 0 amide bonds. The molecule has 0 aliphatic rings. The van der Waals surface area contributed by atoms with Gasteiger partial charge in [0.2, 0.25) is 0 Å². The van der Waals surface area contributed by atoms with Gasteiger partial charge in [0, 0.05) is 12.8 Å². The average molecular weight is 499 g/mol. The van der Waals surface area contributed by atoms with Crippen LogP contribution in [0.5, 0.6) is 0 Å². The van der Waals surface area contributed by atoms with Crippen LogP contribution in [0.1, 0.15) is 155 Å². The van der Waals surface area contributed by atoms with E-state index in [9.17, 15) is 9.46 Å². The van der Waals surface area contributed by atoms with Crippen LogP contribution < -0.4 is 4.89 Å². The fraction of sp³-hybridized carbons (Fsp3) is 0.933. The molecule has 0 aliphatic carbocycles. The number of allylic oxidation sites excluding steroid dienone is 2. The van der Waals surface area contributed by atoms with Crippen LogP contribution in [-0.4, -0.2) is 30.9 Å². The number of rotatable bonds is 25. The van der Waals surface area contributed by atoms with E-state index in [1.54, 1.807) is 0 Å². The minimum absolute atomic E-state index is 0.524. The molecular weight excluding hydrogens is 437 g/mol. The zero-order valence-electron chi connectivity index (χ0n) is 23.9. The predicted octanol–water partition coefficient (Wildman–Crippen LogP) is 9.67. The van der Waals surface area contributed by atoms with Crippen LogP contribution in [0.3, 0.4) is 0 Å². The predicted molar refractivity (Wildman–Crippen MR) is 150 cm³/mol. The molecule has 0 spiro atoms. The van der Waals surface area contributed by atoms with Crippen LogP contribution in [0, 0.1) is 0 Å². The molecule has 0 saturated carbocycles. The molecule has 0 aromatic heterocycles. The lowest BCUT2D eigenvalue weighted by Crippen LogP contribution is -2.55.